The van der Waals surface area contributed by atoms with Gasteiger partial charge in [0.1, 0.15) is 6.04 Å². The molecule has 0 heterocycles. The zero-order chi connectivity index (χ0) is 16.3. The lowest BCUT2D eigenvalue weighted by Gasteiger charge is -2.27. The van der Waals surface area contributed by atoms with Crippen LogP contribution in [0.3, 0.4) is 0 Å². The van der Waals surface area contributed by atoms with Crippen LogP contribution in [0.4, 0.5) is 8.78 Å². The Bertz CT molecular complexity index is 578. The molecule has 1 amide bonds. The maximum atomic E-state index is 13.1. The molecule has 1 saturated carbocycles. The Balaban J connectivity index is 1.99. The molecule has 1 atom stereocenters. The summed E-state index contributed by atoms with van der Waals surface area (Å²) >= 11 is 1.11. The fraction of sp³-hybridized carbons (Fsp3) is 0.467. The number of thioether (sulfide) groups is 1. The van der Waals surface area contributed by atoms with Crippen molar-refractivity contribution in [3.8, 4) is 0 Å². The quantitative estimate of drug-likeness (QED) is 0.594. The van der Waals surface area contributed by atoms with Crippen molar-refractivity contribution >= 4 is 23.6 Å². The molecule has 0 bridgehead atoms. The van der Waals surface area contributed by atoms with Gasteiger partial charge in [0.05, 0.1) is 12.9 Å². The molecule has 0 radical (unpaired) electrons. The van der Waals surface area contributed by atoms with Gasteiger partial charge in [0.2, 0.25) is 5.91 Å². The molecule has 120 valence electrons. The lowest BCUT2D eigenvalue weighted by molar-refractivity contribution is -0.151. The van der Waals surface area contributed by atoms with E-state index in [1.165, 1.54) is 18.1 Å². The van der Waals surface area contributed by atoms with Crippen LogP contribution in [0, 0.1) is 11.6 Å². The predicted octanol–water partition coefficient (Wildman–Crippen LogP) is 2.61. The average molecular weight is 329 g/mol. The highest BCUT2D eigenvalue weighted by atomic mass is 32.2. The number of carbonyl (C=O) groups excluding carboxylic acids is 2. The van der Waals surface area contributed by atoms with E-state index < -0.39 is 23.6 Å². The van der Waals surface area contributed by atoms with Crippen LogP contribution < -0.4 is 0 Å². The van der Waals surface area contributed by atoms with E-state index in [4.69, 9.17) is 0 Å². The van der Waals surface area contributed by atoms with Gasteiger partial charge in [0.25, 0.3) is 0 Å². The molecule has 1 aromatic rings. The van der Waals surface area contributed by atoms with E-state index >= 15 is 0 Å². The van der Waals surface area contributed by atoms with Gasteiger partial charge in [-0.2, -0.15) is 0 Å². The molecule has 1 fully saturated rings. The maximum absolute atomic E-state index is 13.1. The SMILES string of the molecule is COC(=O)C(C)N(C(=O)CSc1ccc(F)c(F)c1)C1CC1. The maximum Gasteiger partial charge on any atom is 0.328 e. The van der Waals surface area contributed by atoms with Crippen molar-refractivity contribution in [1.29, 1.82) is 0 Å². The van der Waals surface area contributed by atoms with Gasteiger partial charge in [-0.05, 0) is 38.0 Å². The van der Waals surface area contributed by atoms with Crippen LogP contribution in [0.25, 0.3) is 0 Å². The Morgan fingerprint density at radius 1 is 1.36 bits per heavy atom. The van der Waals surface area contributed by atoms with Gasteiger partial charge in [-0.3, -0.25) is 4.79 Å². The highest BCUT2D eigenvalue weighted by Crippen LogP contribution is 2.30. The minimum atomic E-state index is -0.945. The molecule has 1 aliphatic carbocycles. The number of methoxy groups -OCH3 is 1. The lowest BCUT2D eigenvalue weighted by Crippen LogP contribution is -2.46. The number of hydrogen-bond donors (Lipinski definition) is 0. The second-order valence-corrected chi connectivity index (χ2v) is 6.14. The van der Waals surface area contributed by atoms with E-state index in [1.54, 1.807) is 6.92 Å². The molecule has 0 saturated heterocycles. The van der Waals surface area contributed by atoms with Crippen molar-refractivity contribution in [2.24, 2.45) is 0 Å². The van der Waals surface area contributed by atoms with Gasteiger partial charge in [-0.25, -0.2) is 13.6 Å². The topological polar surface area (TPSA) is 46.6 Å². The summed E-state index contributed by atoms with van der Waals surface area (Å²) in [4.78, 5) is 26.0. The third kappa shape index (κ3) is 3.97. The first kappa shape index (κ1) is 16.7. The number of esters is 1. The molecular weight excluding hydrogens is 312 g/mol. The van der Waals surface area contributed by atoms with Crippen molar-refractivity contribution in [2.45, 2.75) is 36.7 Å². The molecule has 0 aromatic heterocycles. The minimum Gasteiger partial charge on any atom is -0.467 e. The zero-order valence-corrected chi connectivity index (χ0v) is 13.2. The summed E-state index contributed by atoms with van der Waals surface area (Å²) in [7, 11) is 1.28. The van der Waals surface area contributed by atoms with Gasteiger partial charge < -0.3 is 9.64 Å². The van der Waals surface area contributed by atoms with Crippen LogP contribution >= 0.6 is 11.8 Å². The van der Waals surface area contributed by atoms with E-state index in [0.29, 0.717) is 4.90 Å². The van der Waals surface area contributed by atoms with Gasteiger partial charge in [-0.15, -0.1) is 11.8 Å². The molecule has 1 aliphatic rings. The van der Waals surface area contributed by atoms with Crippen LogP contribution in [-0.4, -0.2) is 41.7 Å². The highest BCUT2D eigenvalue weighted by molar-refractivity contribution is 8.00. The Hall–Kier alpha value is -1.63. The molecule has 2 rings (SSSR count). The van der Waals surface area contributed by atoms with Crippen molar-refractivity contribution in [2.75, 3.05) is 12.9 Å². The molecule has 1 unspecified atom stereocenters. The molecule has 22 heavy (non-hydrogen) atoms. The van der Waals surface area contributed by atoms with Crippen molar-refractivity contribution < 1.29 is 23.1 Å². The molecule has 4 nitrogen and oxygen atoms in total. The largest absolute Gasteiger partial charge is 0.467 e. The first-order chi connectivity index (χ1) is 10.4. The van der Waals surface area contributed by atoms with E-state index in [2.05, 4.69) is 4.74 Å². The molecule has 0 spiro atoms. The van der Waals surface area contributed by atoms with Gasteiger partial charge >= 0.3 is 5.97 Å². The second-order valence-electron chi connectivity index (χ2n) is 5.10. The number of benzene rings is 1. The number of ether oxygens (including phenoxy) is 1. The van der Waals surface area contributed by atoms with E-state index in [-0.39, 0.29) is 17.7 Å². The molecular formula is C15H17F2NO3S. The first-order valence-corrected chi connectivity index (χ1v) is 7.89. The van der Waals surface area contributed by atoms with Crippen molar-refractivity contribution in [3.63, 3.8) is 0 Å². The Morgan fingerprint density at radius 2 is 2.05 bits per heavy atom. The van der Waals surface area contributed by atoms with Crippen LogP contribution in [0.15, 0.2) is 23.1 Å². The van der Waals surface area contributed by atoms with E-state index in [9.17, 15) is 18.4 Å². The number of halogens is 2. The van der Waals surface area contributed by atoms with Crippen molar-refractivity contribution in [3.05, 3.63) is 29.8 Å². The molecule has 0 N–H and O–H groups in total. The smallest absolute Gasteiger partial charge is 0.328 e. The minimum absolute atomic E-state index is 0.0584. The number of hydrogen-bond acceptors (Lipinski definition) is 4. The highest BCUT2D eigenvalue weighted by Gasteiger charge is 2.38. The summed E-state index contributed by atoms with van der Waals surface area (Å²) in [5.74, 6) is -2.48. The second kappa shape index (κ2) is 7.09. The summed E-state index contributed by atoms with van der Waals surface area (Å²) in [6.07, 6.45) is 1.73. The normalized spacial score (nSPS) is 15.3. The average Bonchev–Trinajstić information content (AvgIpc) is 3.32. The number of carbonyl (C=O) groups is 2. The van der Waals surface area contributed by atoms with E-state index in [0.717, 1.165) is 36.7 Å². The fourth-order valence-corrected chi connectivity index (χ4v) is 2.95. The number of nitrogens with zero attached hydrogens (tertiary/aromatic N) is 1. The lowest BCUT2D eigenvalue weighted by atomic mass is 10.2. The monoisotopic (exact) mass is 329 g/mol. The zero-order valence-electron chi connectivity index (χ0n) is 12.3. The van der Waals surface area contributed by atoms with Crippen molar-refractivity contribution in [1.82, 2.24) is 4.90 Å². The third-order valence-corrected chi connectivity index (χ3v) is 4.42. The summed E-state index contributed by atoms with van der Waals surface area (Å²) in [5, 5.41) is 0. The Kier molecular flexibility index (Phi) is 5.39. The molecule has 7 heteroatoms. The van der Waals surface area contributed by atoms with Crippen LogP contribution in [0.5, 0.6) is 0 Å². The Morgan fingerprint density at radius 3 is 2.59 bits per heavy atom. The van der Waals surface area contributed by atoms with Crippen LogP contribution in [0.2, 0.25) is 0 Å². The number of amides is 1. The molecule has 0 aliphatic heterocycles. The third-order valence-electron chi connectivity index (χ3n) is 3.44. The molecule has 1 aromatic carbocycles. The standard InChI is InChI=1S/C15H17F2NO3S/c1-9(15(20)21-2)18(10-3-4-10)14(19)8-22-11-5-6-12(16)13(17)7-11/h5-7,9-10H,3-4,8H2,1-2H3. The van der Waals surface area contributed by atoms with Gasteiger partial charge in [0, 0.05) is 10.9 Å². The van der Waals surface area contributed by atoms with Gasteiger partial charge in [-0.1, -0.05) is 0 Å². The summed E-state index contributed by atoms with van der Waals surface area (Å²) in [5.41, 5.74) is 0. The first-order valence-electron chi connectivity index (χ1n) is 6.91. The van der Waals surface area contributed by atoms with Gasteiger partial charge in [0.15, 0.2) is 11.6 Å². The number of rotatable bonds is 6. The summed E-state index contributed by atoms with van der Waals surface area (Å²) in [6.45, 7) is 1.63. The Labute approximate surface area is 131 Å². The van der Waals surface area contributed by atoms with E-state index in [1.807, 2.05) is 0 Å². The summed E-state index contributed by atoms with van der Waals surface area (Å²) in [6, 6.07) is 2.92. The van der Waals surface area contributed by atoms with Crippen LogP contribution in [0.1, 0.15) is 19.8 Å². The predicted molar refractivity (Wildman–Crippen MR) is 78.4 cm³/mol. The van der Waals surface area contributed by atoms with Crippen LogP contribution in [-0.2, 0) is 14.3 Å². The fourth-order valence-electron chi connectivity index (χ4n) is 2.16. The summed E-state index contributed by atoms with van der Waals surface area (Å²) < 4.78 is 30.7.